The number of aromatic hydroxyl groups is 1. The number of hydrogen-bond acceptors (Lipinski definition) is 8. The number of non-ortho nitro benzene ring substituents is 1. The minimum absolute atomic E-state index is 0.000763. The molecule has 0 atom stereocenters. The summed E-state index contributed by atoms with van der Waals surface area (Å²) in [4.78, 5) is 52.8. The lowest BCUT2D eigenvalue weighted by Crippen LogP contribution is -2.49. The minimum Gasteiger partial charge on any atom is -0.506 e. The van der Waals surface area contributed by atoms with Crippen LogP contribution in [0.15, 0.2) is 97.1 Å². The number of nitrogens with one attached hydrogen (secondary N) is 1. The minimum atomic E-state index is -0.753. The summed E-state index contributed by atoms with van der Waals surface area (Å²) in [6.07, 6.45) is 0.0958. The lowest BCUT2D eigenvalue weighted by molar-refractivity contribution is -0.384. The first-order chi connectivity index (χ1) is 23.0. The maximum absolute atomic E-state index is 14.0. The van der Waals surface area contributed by atoms with E-state index in [1.807, 2.05) is 38.1 Å². The van der Waals surface area contributed by atoms with Crippen molar-refractivity contribution in [2.24, 2.45) is 0 Å². The van der Waals surface area contributed by atoms with Crippen molar-refractivity contribution in [1.29, 1.82) is 0 Å². The number of aryl methyl sites for hydroxylation is 2. The summed E-state index contributed by atoms with van der Waals surface area (Å²) in [7, 11) is 1.39. The molecular weight excluding hydrogens is 614 g/mol. The van der Waals surface area contributed by atoms with Gasteiger partial charge in [-0.3, -0.25) is 29.6 Å². The number of fused-ring (bicyclic) bond motifs is 1. The maximum atomic E-state index is 14.0. The van der Waals surface area contributed by atoms with Crippen molar-refractivity contribution >= 4 is 51.4 Å². The maximum Gasteiger partial charge on any atom is 0.350 e. The molecule has 0 aromatic heterocycles. The highest BCUT2D eigenvalue weighted by molar-refractivity contribution is 6.11. The number of hydrogen-bond donors (Lipinski definition) is 2. The molecular formula is C36H31N5O7. The Morgan fingerprint density at radius 3 is 2.31 bits per heavy atom. The van der Waals surface area contributed by atoms with Crippen molar-refractivity contribution in [1.82, 2.24) is 5.01 Å². The van der Waals surface area contributed by atoms with E-state index in [1.165, 1.54) is 31.3 Å². The Morgan fingerprint density at radius 1 is 0.917 bits per heavy atom. The quantitative estimate of drug-likeness (QED) is 0.138. The normalized spacial score (nSPS) is 12.7. The number of anilines is 3. The summed E-state index contributed by atoms with van der Waals surface area (Å²) in [5.74, 6) is -1.10. The highest BCUT2D eigenvalue weighted by Gasteiger charge is 2.38. The topological polar surface area (TPSA) is 146 Å². The van der Waals surface area contributed by atoms with Crippen molar-refractivity contribution in [2.45, 2.75) is 20.3 Å². The zero-order valence-electron chi connectivity index (χ0n) is 26.3. The summed E-state index contributed by atoms with van der Waals surface area (Å²) in [5, 5.41) is 29.1. The van der Waals surface area contributed by atoms with E-state index in [1.54, 1.807) is 53.5 Å². The third-order valence-corrected chi connectivity index (χ3v) is 8.17. The second kappa shape index (κ2) is 12.8. The molecule has 48 heavy (non-hydrogen) atoms. The van der Waals surface area contributed by atoms with Crippen molar-refractivity contribution in [3.63, 3.8) is 0 Å². The molecule has 6 rings (SSSR count). The first kappa shape index (κ1) is 31.5. The molecule has 0 radical (unpaired) electrons. The zero-order chi connectivity index (χ0) is 34.1. The van der Waals surface area contributed by atoms with Crippen LogP contribution >= 0.6 is 0 Å². The number of nitro groups is 1. The molecule has 5 aromatic carbocycles. The summed E-state index contributed by atoms with van der Waals surface area (Å²) >= 11 is 0. The number of benzene rings is 5. The van der Waals surface area contributed by atoms with Gasteiger partial charge in [0.05, 0.1) is 21.9 Å². The van der Waals surface area contributed by atoms with E-state index >= 15 is 0 Å². The molecule has 0 aliphatic carbocycles. The standard InChI is InChI=1S/C36H31N5O7/c1-22-12-14-24(15-13-22)39-19-18-33(42)40(39)36(45)38(3)30-20-25(41(46)47)16-17-31(30)48-32-21-28(34(43)27-10-6-5-9-26(27)32)35(44)37-29-11-7-4-8-23(29)2/h4-17,20-21,43H,18-19H2,1-3H3,(H,37,44). The number of carbonyl (C=O) groups is 3. The summed E-state index contributed by atoms with van der Waals surface area (Å²) in [6.45, 7) is 4.04. The average molecular weight is 646 g/mol. The van der Waals surface area contributed by atoms with Crippen molar-refractivity contribution < 1.29 is 29.2 Å². The number of phenolic OH excluding ortho intramolecular Hbond substituents is 1. The summed E-state index contributed by atoms with van der Waals surface area (Å²) < 4.78 is 6.34. The van der Waals surface area contributed by atoms with Crippen LogP contribution < -0.4 is 20.0 Å². The van der Waals surface area contributed by atoms with Crippen LogP contribution in [0.1, 0.15) is 27.9 Å². The number of nitro benzene ring substituents is 1. The fourth-order valence-electron chi connectivity index (χ4n) is 5.53. The van der Waals surface area contributed by atoms with Gasteiger partial charge in [0.2, 0.25) is 0 Å². The van der Waals surface area contributed by atoms with Crippen LogP contribution in [-0.2, 0) is 4.79 Å². The molecule has 2 N–H and O–H groups in total. The van der Waals surface area contributed by atoms with E-state index in [-0.39, 0.29) is 47.2 Å². The molecule has 242 valence electrons. The molecule has 0 spiro atoms. The van der Waals surface area contributed by atoms with Gasteiger partial charge < -0.3 is 15.2 Å². The molecule has 1 heterocycles. The lowest BCUT2D eigenvalue weighted by atomic mass is 10.0. The second-order valence-corrected chi connectivity index (χ2v) is 11.4. The molecule has 5 aromatic rings. The predicted molar refractivity (Wildman–Crippen MR) is 182 cm³/mol. The van der Waals surface area contributed by atoms with Gasteiger partial charge >= 0.3 is 6.03 Å². The number of carbonyl (C=O) groups excluding carboxylic acids is 3. The van der Waals surface area contributed by atoms with Gasteiger partial charge in [-0.15, -0.1) is 0 Å². The Morgan fingerprint density at radius 2 is 1.60 bits per heavy atom. The Labute approximate surface area is 275 Å². The SMILES string of the molecule is Cc1ccc(N2CCC(=O)N2C(=O)N(C)c2cc([N+](=O)[O-])ccc2Oc2cc(C(=O)Nc3ccccc3C)c(O)c3ccccc23)cc1. The van der Waals surface area contributed by atoms with Crippen LogP contribution in [0.25, 0.3) is 10.8 Å². The highest BCUT2D eigenvalue weighted by atomic mass is 16.6. The van der Waals surface area contributed by atoms with Gasteiger partial charge in [-0.1, -0.05) is 60.2 Å². The number of nitrogens with zero attached hydrogens (tertiary/aromatic N) is 4. The van der Waals surface area contributed by atoms with Crippen LogP contribution in [0.2, 0.25) is 0 Å². The second-order valence-electron chi connectivity index (χ2n) is 11.4. The van der Waals surface area contributed by atoms with Crippen LogP contribution in [-0.4, -0.2) is 46.5 Å². The number of ether oxygens (including phenoxy) is 1. The Balaban J connectivity index is 1.40. The van der Waals surface area contributed by atoms with Crippen molar-refractivity contribution in [3.05, 3.63) is 124 Å². The average Bonchev–Trinajstić information content (AvgIpc) is 3.47. The lowest BCUT2D eigenvalue weighted by Gasteiger charge is -2.32. The van der Waals surface area contributed by atoms with Gasteiger partial charge in [-0.2, -0.15) is 5.01 Å². The Kier molecular flexibility index (Phi) is 8.38. The van der Waals surface area contributed by atoms with Crippen molar-refractivity contribution in [2.75, 3.05) is 28.8 Å². The summed E-state index contributed by atoms with van der Waals surface area (Å²) in [5.41, 5.74) is 2.65. The van der Waals surface area contributed by atoms with Crippen molar-refractivity contribution in [3.8, 4) is 17.2 Å². The number of rotatable bonds is 7. The van der Waals surface area contributed by atoms with Gasteiger partial charge in [0, 0.05) is 48.6 Å². The third-order valence-electron chi connectivity index (χ3n) is 8.17. The predicted octanol–water partition coefficient (Wildman–Crippen LogP) is 7.33. The van der Waals surface area contributed by atoms with Crippen LogP contribution in [0.4, 0.5) is 27.5 Å². The molecule has 0 unspecified atom stereocenters. The molecule has 4 amide bonds. The van der Waals surface area contributed by atoms with E-state index in [9.17, 15) is 29.6 Å². The summed E-state index contributed by atoms with van der Waals surface area (Å²) in [6, 6.07) is 25.7. The Bertz CT molecular complexity index is 2100. The molecule has 0 saturated carbocycles. The molecule has 1 aliphatic heterocycles. The molecule has 0 bridgehead atoms. The number of urea groups is 1. The largest absolute Gasteiger partial charge is 0.506 e. The third kappa shape index (κ3) is 5.94. The molecule has 12 nitrogen and oxygen atoms in total. The number of amides is 4. The van der Waals surface area contributed by atoms with E-state index in [4.69, 9.17) is 4.74 Å². The Hall–Kier alpha value is -6.43. The highest BCUT2D eigenvalue weighted by Crippen LogP contribution is 2.42. The van der Waals surface area contributed by atoms with E-state index in [0.717, 1.165) is 21.0 Å². The van der Waals surface area contributed by atoms with E-state index in [0.29, 0.717) is 22.1 Å². The fraction of sp³-hybridized carbons (Fsp3) is 0.139. The van der Waals surface area contributed by atoms with Crippen LogP contribution in [0.5, 0.6) is 17.2 Å². The van der Waals surface area contributed by atoms with Crippen LogP contribution in [0, 0.1) is 24.0 Å². The molecule has 12 heteroatoms. The molecule has 1 fully saturated rings. The van der Waals surface area contributed by atoms with E-state index < -0.39 is 22.8 Å². The van der Waals surface area contributed by atoms with Crippen LogP contribution in [0.3, 0.4) is 0 Å². The monoisotopic (exact) mass is 645 g/mol. The van der Waals surface area contributed by atoms with Gasteiger partial charge in [0.25, 0.3) is 17.5 Å². The van der Waals surface area contributed by atoms with Gasteiger partial charge in [-0.25, -0.2) is 4.79 Å². The number of hydrazine groups is 1. The number of imide groups is 1. The smallest absolute Gasteiger partial charge is 0.350 e. The van der Waals surface area contributed by atoms with Gasteiger partial charge in [0.1, 0.15) is 11.5 Å². The molecule has 1 saturated heterocycles. The van der Waals surface area contributed by atoms with Gasteiger partial charge in [-0.05, 0) is 49.7 Å². The first-order valence-electron chi connectivity index (χ1n) is 15.1. The van der Waals surface area contributed by atoms with E-state index in [2.05, 4.69) is 5.32 Å². The molecule has 1 aliphatic rings. The van der Waals surface area contributed by atoms with Gasteiger partial charge in [0.15, 0.2) is 5.75 Å². The number of para-hydroxylation sites is 1. The zero-order valence-corrected chi connectivity index (χ0v) is 26.3. The fourth-order valence-corrected chi connectivity index (χ4v) is 5.53. The number of phenols is 1. The first-order valence-corrected chi connectivity index (χ1v) is 15.1.